The molecule has 2 unspecified atom stereocenters. The lowest BCUT2D eigenvalue weighted by atomic mass is 10.3. The topological polar surface area (TPSA) is 35.5 Å². The van der Waals surface area contributed by atoms with Gasteiger partial charge in [0.15, 0.2) is 12.2 Å². The van der Waals surface area contributed by atoms with Crippen LogP contribution >= 0.6 is 0 Å². The highest BCUT2D eigenvalue weighted by Gasteiger charge is 2.27. The second-order valence-electron chi connectivity index (χ2n) is 2.31. The van der Waals surface area contributed by atoms with Crippen LogP contribution in [0.1, 0.15) is 13.8 Å². The molecule has 1 fully saturated rings. The molecule has 2 atom stereocenters. The average Bonchev–Trinajstić information content (AvgIpc) is 1.84. The molecule has 0 spiro atoms. The number of hydrogen-bond donors (Lipinski definition) is 0. The summed E-state index contributed by atoms with van der Waals surface area (Å²) in [6.07, 6.45) is -0.799. The maximum atomic E-state index is 10.8. The van der Waals surface area contributed by atoms with E-state index in [1.807, 2.05) is 0 Å². The SMILES string of the molecule is C=C1OC(C)C(=O)OC1C. The van der Waals surface area contributed by atoms with Crippen LogP contribution in [0.4, 0.5) is 0 Å². The van der Waals surface area contributed by atoms with E-state index in [2.05, 4.69) is 6.58 Å². The van der Waals surface area contributed by atoms with Crippen LogP contribution in [0.2, 0.25) is 0 Å². The molecule has 1 heterocycles. The summed E-state index contributed by atoms with van der Waals surface area (Å²) in [5, 5.41) is 0. The fourth-order valence-electron chi connectivity index (χ4n) is 0.707. The Morgan fingerprint density at radius 1 is 1.30 bits per heavy atom. The van der Waals surface area contributed by atoms with Gasteiger partial charge in [0.25, 0.3) is 0 Å². The van der Waals surface area contributed by atoms with Crippen LogP contribution in [0.3, 0.4) is 0 Å². The highest BCUT2D eigenvalue weighted by molar-refractivity contribution is 5.75. The summed E-state index contributed by atoms with van der Waals surface area (Å²) in [6.45, 7) is 6.95. The first-order valence-corrected chi connectivity index (χ1v) is 3.17. The third-order valence-electron chi connectivity index (χ3n) is 1.41. The highest BCUT2D eigenvalue weighted by atomic mass is 16.6. The van der Waals surface area contributed by atoms with Crippen molar-refractivity contribution >= 4 is 5.97 Å². The van der Waals surface area contributed by atoms with Gasteiger partial charge in [-0.05, 0) is 13.8 Å². The normalized spacial score (nSPS) is 33.0. The molecule has 1 aliphatic rings. The van der Waals surface area contributed by atoms with Crippen LogP contribution in [-0.2, 0) is 14.3 Å². The Kier molecular flexibility index (Phi) is 1.66. The van der Waals surface area contributed by atoms with E-state index in [1.165, 1.54) is 0 Å². The molecular weight excluding hydrogens is 132 g/mol. The number of ether oxygens (including phenoxy) is 2. The minimum absolute atomic E-state index is 0.302. The maximum absolute atomic E-state index is 10.8. The molecule has 0 N–H and O–H groups in total. The Balaban J connectivity index is 2.63. The summed E-state index contributed by atoms with van der Waals surface area (Å²) < 4.78 is 9.89. The molecule has 3 heteroatoms. The Labute approximate surface area is 59.6 Å². The van der Waals surface area contributed by atoms with E-state index in [0.29, 0.717) is 5.76 Å². The molecule has 0 bridgehead atoms. The van der Waals surface area contributed by atoms with Crippen molar-refractivity contribution < 1.29 is 14.3 Å². The lowest BCUT2D eigenvalue weighted by molar-refractivity contribution is -0.168. The van der Waals surface area contributed by atoms with Crippen molar-refractivity contribution in [3.8, 4) is 0 Å². The lowest BCUT2D eigenvalue weighted by Gasteiger charge is -2.26. The van der Waals surface area contributed by atoms with E-state index in [-0.39, 0.29) is 12.1 Å². The van der Waals surface area contributed by atoms with Crippen molar-refractivity contribution in [2.24, 2.45) is 0 Å². The molecule has 0 saturated carbocycles. The minimum atomic E-state index is -0.497. The smallest absolute Gasteiger partial charge is 0.347 e. The Hall–Kier alpha value is -0.990. The Morgan fingerprint density at radius 2 is 1.90 bits per heavy atom. The van der Waals surface area contributed by atoms with Gasteiger partial charge in [0, 0.05) is 0 Å². The quantitative estimate of drug-likeness (QED) is 0.470. The number of rotatable bonds is 0. The van der Waals surface area contributed by atoms with Crippen molar-refractivity contribution in [3.05, 3.63) is 12.3 Å². The van der Waals surface area contributed by atoms with Crippen LogP contribution in [0.25, 0.3) is 0 Å². The third-order valence-corrected chi connectivity index (χ3v) is 1.41. The number of hydrogen-bond acceptors (Lipinski definition) is 3. The summed E-state index contributed by atoms with van der Waals surface area (Å²) in [5.41, 5.74) is 0. The fourth-order valence-corrected chi connectivity index (χ4v) is 0.707. The minimum Gasteiger partial charge on any atom is -0.480 e. The monoisotopic (exact) mass is 142 g/mol. The summed E-state index contributed by atoms with van der Waals surface area (Å²) in [6, 6.07) is 0. The van der Waals surface area contributed by atoms with Crippen LogP contribution in [0, 0.1) is 0 Å². The van der Waals surface area contributed by atoms with E-state index in [9.17, 15) is 4.79 Å². The predicted molar refractivity (Wildman–Crippen MR) is 35.2 cm³/mol. The van der Waals surface area contributed by atoms with Gasteiger partial charge < -0.3 is 9.47 Å². The molecule has 1 aliphatic heterocycles. The molecule has 0 aromatic rings. The van der Waals surface area contributed by atoms with E-state index < -0.39 is 6.10 Å². The average molecular weight is 142 g/mol. The lowest BCUT2D eigenvalue weighted by Crippen LogP contribution is -2.34. The molecule has 0 radical (unpaired) electrons. The molecule has 56 valence electrons. The van der Waals surface area contributed by atoms with Crippen molar-refractivity contribution in [1.82, 2.24) is 0 Å². The van der Waals surface area contributed by atoms with Crippen molar-refractivity contribution in [2.45, 2.75) is 26.1 Å². The zero-order valence-electron chi connectivity index (χ0n) is 6.09. The molecule has 10 heavy (non-hydrogen) atoms. The van der Waals surface area contributed by atoms with Gasteiger partial charge >= 0.3 is 5.97 Å². The van der Waals surface area contributed by atoms with Crippen molar-refractivity contribution in [2.75, 3.05) is 0 Å². The van der Waals surface area contributed by atoms with Gasteiger partial charge in [-0.1, -0.05) is 6.58 Å². The van der Waals surface area contributed by atoms with Crippen LogP contribution in [0.15, 0.2) is 12.3 Å². The molecule has 1 saturated heterocycles. The third kappa shape index (κ3) is 1.12. The Bertz CT molecular complexity index is 154. The van der Waals surface area contributed by atoms with Crippen molar-refractivity contribution in [3.63, 3.8) is 0 Å². The molecule has 0 aromatic heterocycles. The van der Waals surface area contributed by atoms with E-state index in [0.717, 1.165) is 0 Å². The molecular formula is C7H10O3. The van der Waals surface area contributed by atoms with Crippen molar-refractivity contribution in [1.29, 1.82) is 0 Å². The summed E-state index contributed by atoms with van der Waals surface area (Å²) in [7, 11) is 0. The van der Waals surface area contributed by atoms with E-state index in [1.54, 1.807) is 13.8 Å². The summed E-state index contributed by atoms with van der Waals surface area (Å²) in [5.74, 6) is 0.201. The number of carbonyl (C=O) groups excluding carboxylic acids is 1. The van der Waals surface area contributed by atoms with E-state index in [4.69, 9.17) is 9.47 Å². The second kappa shape index (κ2) is 2.33. The van der Waals surface area contributed by atoms with E-state index >= 15 is 0 Å². The first-order chi connectivity index (χ1) is 4.61. The van der Waals surface area contributed by atoms with Crippen LogP contribution in [0.5, 0.6) is 0 Å². The van der Waals surface area contributed by atoms with Gasteiger partial charge in [-0.3, -0.25) is 0 Å². The number of carbonyl (C=O) groups is 1. The van der Waals surface area contributed by atoms with Gasteiger partial charge in [-0.15, -0.1) is 0 Å². The zero-order valence-corrected chi connectivity index (χ0v) is 6.09. The fraction of sp³-hybridized carbons (Fsp3) is 0.571. The summed E-state index contributed by atoms with van der Waals surface area (Å²) in [4.78, 5) is 10.8. The Morgan fingerprint density at radius 3 is 2.40 bits per heavy atom. The maximum Gasteiger partial charge on any atom is 0.347 e. The largest absolute Gasteiger partial charge is 0.480 e. The van der Waals surface area contributed by atoms with Crippen LogP contribution in [-0.4, -0.2) is 18.2 Å². The van der Waals surface area contributed by atoms with Gasteiger partial charge in [-0.25, -0.2) is 4.79 Å². The highest BCUT2D eigenvalue weighted by Crippen LogP contribution is 2.16. The molecule has 3 nitrogen and oxygen atoms in total. The predicted octanol–water partition coefficient (Wildman–Crippen LogP) is 0.850. The molecule has 0 aromatic carbocycles. The van der Waals surface area contributed by atoms with Gasteiger partial charge in [-0.2, -0.15) is 0 Å². The standard InChI is InChI=1S/C7H10O3/c1-4-5(2)10-7(8)6(3)9-4/h5-6H,1H2,2-3H3. The zero-order chi connectivity index (χ0) is 7.72. The molecule has 0 aliphatic carbocycles. The van der Waals surface area contributed by atoms with Gasteiger partial charge in [0.05, 0.1) is 0 Å². The second-order valence-corrected chi connectivity index (χ2v) is 2.31. The molecule has 1 rings (SSSR count). The first kappa shape index (κ1) is 7.12. The van der Waals surface area contributed by atoms with Gasteiger partial charge in [0.2, 0.25) is 0 Å². The van der Waals surface area contributed by atoms with Gasteiger partial charge in [0.1, 0.15) is 5.76 Å². The number of cyclic esters (lactones) is 1. The first-order valence-electron chi connectivity index (χ1n) is 3.17. The number of esters is 1. The summed E-state index contributed by atoms with van der Waals surface area (Å²) >= 11 is 0. The molecule has 0 amide bonds. The van der Waals surface area contributed by atoms with Crippen LogP contribution < -0.4 is 0 Å².